The fourth-order valence-corrected chi connectivity index (χ4v) is 2.87. The minimum Gasteiger partial charge on any atom is -0.495 e. The fraction of sp³-hybridized carbons (Fsp3) is 0.167. The van der Waals surface area contributed by atoms with Crippen LogP contribution in [0.1, 0.15) is 46.0 Å². The lowest BCUT2D eigenvalue weighted by Crippen LogP contribution is -2.14. The van der Waals surface area contributed by atoms with Gasteiger partial charge in [-0.1, -0.05) is 38.1 Å². The van der Waals surface area contributed by atoms with E-state index in [1.165, 1.54) is 5.56 Å². The Morgan fingerprint density at radius 3 is 1.86 bits per heavy atom. The quantitative estimate of drug-likeness (QED) is 0.600. The van der Waals surface area contributed by atoms with Crippen molar-refractivity contribution in [2.75, 3.05) is 17.7 Å². The van der Waals surface area contributed by atoms with Gasteiger partial charge in [-0.25, -0.2) is 0 Å². The molecule has 0 radical (unpaired) electrons. The Kier molecular flexibility index (Phi) is 6.29. The molecule has 2 amide bonds. The van der Waals surface area contributed by atoms with E-state index in [1.54, 1.807) is 43.5 Å². The Labute approximate surface area is 170 Å². The summed E-state index contributed by atoms with van der Waals surface area (Å²) in [6.07, 6.45) is 0. The lowest BCUT2D eigenvalue weighted by Gasteiger charge is -2.10. The van der Waals surface area contributed by atoms with Crippen LogP contribution in [0.15, 0.2) is 72.8 Å². The summed E-state index contributed by atoms with van der Waals surface area (Å²) >= 11 is 0. The molecule has 0 heterocycles. The van der Waals surface area contributed by atoms with Crippen LogP contribution in [0.3, 0.4) is 0 Å². The molecule has 5 nitrogen and oxygen atoms in total. The summed E-state index contributed by atoms with van der Waals surface area (Å²) in [5, 5.41) is 5.69. The van der Waals surface area contributed by atoms with E-state index < -0.39 is 0 Å². The summed E-state index contributed by atoms with van der Waals surface area (Å²) in [4.78, 5) is 24.9. The van der Waals surface area contributed by atoms with Crippen LogP contribution < -0.4 is 15.4 Å². The van der Waals surface area contributed by atoms with Gasteiger partial charge in [0.05, 0.1) is 12.8 Å². The van der Waals surface area contributed by atoms with Crippen LogP contribution >= 0.6 is 0 Å². The summed E-state index contributed by atoms with van der Waals surface area (Å²) < 4.78 is 5.24. The molecule has 0 aromatic heterocycles. The van der Waals surface area contributed by atoms with Crippen molar-refractivity contribution in [2.24, 2.45) is 0 Å². The zero-order valence-corrected chi connectivity index (χ0v) is 16.7. The minimum atomic E-state index is -0.272. The number of nitrogens with one attached hydrogen (secondary N) is 2. The number of ether oxygens (including phenoxy) is 1. The Morgan fingerprint density at radius 1 is 0.759 bits per heavy atom. The Balaban J connectivity index is 1.66. The van der Waals surface area contributed by atoms with Gasteiger partial charge in [0.25, 0.3) is 11.8 Å². The number of benzene rings is 3. The molecule has 0 fully saturated rings. The number of anilines is 2. The molecule has 0 atom stereocenters. The van der Waals surface area contributed by atoms with E-state index >= 15 is 0 Å². The smallest absolute Gasteiger partial charge is 0.255 e. The predicted molar refractivity (Wildman–Crippen MR) is 116 cm³/mol. The second kappa shape index (κ2) is 9.06. The summed E-state index contributed by atoms with van der Waals surface area (Å²) in [6, 6.07) is 21.5. The van der Waals surface area contributed by atoms with E-state index in [9.17, 15) is 9.59 Å². The summed E-state index contributed by atoms with van der Waals surface area (Å²) in [6.45, 7) is 4.25. The lowest BCUT2D eigenvalue weighted by molar-refractivity contribution is 0.101. The maximum atomic E-state index is 12.5. The van der Waals surface area contributed by atoms with E-state index in [1.807, 2.05) is 36.4 Å². The third-order valence-electron chi connectivity index (χ3n) is 4.60. The first kappa shape index (κ1) is 20.1. The largest absolute Gasteiger partial charge is 0.495 e. The molecule has 3 aromatic carbocycles. The molecule has 0 aliphatic carbocycles. The Morgan fingerprint density at radius 2 is 1.31 bits per heavy atom. The molecule has 0 bridgehead atoms. The normalized spacial score (nSPS) is 10.5. The van der Waals surface area contributed by atoms with Crippen molar-refractivity contribution < 1.29 is 14.3 Å². The van der Waals surface area contributed by atoms with Crippen LogP contribution in [0.2, 0.25) is 0 Å². The van der Waals surface area contributed by atoms with Gasteiger partial charge in [0, 0.05) is 16.8 Å². The maximum Gasteiger partial charge on any atom is 0.255 e. The summed E-state index contributed by atoms with van der Waals surface area (Å²) in [7, 11) is 1.55. The maximum absolute atomic E-state index is 12.5. The van der Waals surface area contributed by atoms with Gasteiger partial charge >= 0.3 is 0 Å². The second-order valence-electron chi connectivity index (χ2n) is 6.96. The second-order valence-corrected chi connectivity index (χ2v) is 6.96. The van der Waals surface area contributed by atoms with E-state index in [4.69, 9.17) is 4.74 Å². The molecular weight excluding hydrogens is 364 g/mol. The van der Waals surface area contributed by atoms with Crippen molar-refractivity contribution in [2.45, 2.75) is 19.8 Å². The minimum absolute atomic E-state index is 0.223. The number of hydrogen-bond donors (Lipinski definition) is 2. The highest BCUT2D eigenvalue weighted by molar-refractivity contribution is 6.07. The van der Waals surface area contributed by atoms with Crippen LogP contribution in [0.5, 0.6) is 5.75 Å². The van der Waals surface area contributed by atoms with Gasteiger partial charge in [-0.3, -0.25) is 9.59 Å². The molecule has 148 valence electrons. The first-order valence-electron chi connectivity index (χ1n) is 9.43. The number of amides is 2. The van der Waals surface area contributed by atoms with Crippen LogP contribution in [-0.4, -0.2) is 18.9 Å². The van der Waals surface area contributed by atoms with E-state index in [0.29, 0.717) is 28.5 Å². The fourth-order valence-electron chi connectivity index (χ4n) is 2.87. The molecular formula is C24H24N2O3. The van der Waals surface area contributed by atoms with Crippen molar-refractivity contribution >= 4 is 23.2 Å². The molecule has 3 aromatic rings. The molecule has 0 aliphatic rings. The summed E-state index contributed by atoms with van der Waals surface area (Å²) in [5.41, 5.74) is 3.47. The predicted octanol–water partition coefficient (Wildman–Crippen LogP) is 5.32. The molecule has 0 spiro atoms. The van der Waals surface area contributed by atoms with Gasteiger partial charge in [0.15, 0.2) is 0 Å². The monoisotopic (exact) mass is 388 g/mol. The number of methoxy groups -OCH3 is 1. The Hall–Kier alpha value is -3.60. The standard InChI is InChI=1S/C24H24N2O3/c1-16(2)17-12-14-20(15-13-17)25-23(27)18-8-10-19(11-9-18)24(28)26-21-6-4-5-7-22(21)29-3/h4-16H,1-3H3,(H,25,27)(H,26,28). The highest BCUT2D eigenvalue weighted by Gasteiger charge is 2.11. The first-order chi connectivity index (χ1) is 14.0. The van der Waals surface area contributed by atoms with Crippen molar-refractivity contribution in [1.82, 2.24) is 0 Å². The average molecular weight is 388 g/mol. The number of para-hydroxylation sites is 2. The zero-order valence-electron chi connectivity index (χ0n) is 16.7. The van der Waals surface area contributed by atoms with Gasteiger partial charge in [-0.2, -0.15) is 0 Å². The summed E-state index contributed by atoms with van der Waals surface area (Å²) in [5.74, 6) is 0.527. The molecule has 0 saturated carbocycles. The number of carbonyl (C=O) groups excluding carboxylic acids is 2. The van der Waals surface area contributed by atoms with Crippen molar-refractivity contribution in [3.63, 3.8) is 0 Å². The molecule has 29 heavy (non-hydrogen) atoms. The van der Waals surface area contributed by atoms with E-state index in [0.717, 1.165) is 5.69 Å². The van der Waals surface area contributed by atoms with Crippen LogP contribution in [0, 0.1) is 0 Å². The molecule has 5 heteroatoms. The third kappa shape index (κ3) is 5.02. The van der Waals surface area contributed by atoms with Crippen LogP contribution in [-0.2, 0) is 0 Å². The molecule has 0 aliphatic heterocycles. The van der Waals surface area contributed by atoms with Gasteiger partial charge in [-0.15, -0.1) is 0 Å². The molecule has 2 N–H and O–H groups in total. The molecule has 3 rings (SSSR count). The van der Waals surface area contributed by atoms with Crippen molar-refractivity contribution in [1.29, 1.82) is 0 Å². The van der Waals surface area contributed by atoms with Gasteiger partial charge in [-0.05, 0) is 60.0 Å². The van der Waals surface area contributed by atoms with Gasteiger partial charge < -0.3 is 15.4 Å². The first-order valence-corrected chi connectivity index (χ1v) is 9.43. The molecule has 0 unspecified atom stereocenters. The van der Waals surface area contributed by atoms with E-state index in [2.05, 4.69) is 24.5 Å². The number of rotatable bonds is 6. The number of hydrogen-bond acceptors (Lipinski definition) is 3. The SMILES string of the molecule is COc1ccccc1NC(=O)c1ccc(C(=O)Nc2ccc(C(C)C)cc2)cc1. The topological polar surface area (TPSA) is 67.4 Å². The average Bonchev–Trinajstić information content (AvgIpc) is 2.74. The van der Waals surface area contributed by atoms with Crippen LogP contribution in [0.4, 0.5) is 11.4 Å². The highest BCUT2D eigenvalue weighted by atomic mass is 16.5. The Bertz CT molecular complexity index is 993. The zero-order chi connectivity index (χ0) is 20.8. The third-order valence-corrected chi connectivity index (χ3v) is 4.60. The highest BCUT2D eigenvalue weighted by Crippen LogP contribution is 2.24. The van der Waals surface area contributed by atoms with Crippen LogP contribution in [0.25, 0.3) is 0 Å². The van der Waals surface area contributed by atoms with Crippen molar-refractivity contribution in [3.05, 3.63) is 89.5 Å². The van der Waals surface area contributed by atoms with E-state index in [-0.39, 0.29) is 11.8 Å². The van der Waals surface area contributed by atoms with Gasteiger partial charge in [0.2, 0.25) is 0 Å². The molecule has 0 saturated heterocycles. The van der Waals surface area contributed by atoms with Crippen molar-refractivity contribution in [3.8, 4) is 5.75 Å². The number of carbonyl (C=O) groups is 2. The van der Waals surface area contributed by atoms with Gasteiger partial charge in [0.1, 0.15) is 5.75 Å². The lowest BCUT2D eigenvalue weighted by atomic mass is 10.0.